The largest absolute Gasteiger partial charge is 0.493 e. The summed E-state index contributed by atoms with van der Waals surface area (Å²) in [5, 5.41) is 3.76. The first kappa shape index (κ1) is 13.2. The Kier molecular flexibility index (Phi) is 2.63. The summed E-state index contributed by atoms with van der Waals surface area (Å²) in [6.45, 7) is 1.09. The van der Waals surface area contributed by atoms with E-state index >= 15 is 0 Å². The summed E-state index contributed by atoms with van der Waals surface area (Å²) in [4.78, 5) is 0. The van der Waals surface area contributed by atoms with E-state index in [9.17, 15) is 0 Å². The highest BCUT2D eigenvalue weighted by atomic mass is 16.5. The van der Waals surface area contributed by atoms with E-state index in [0.717, 1.165) is 37.3 Å². The summed E-state index contributed by atoms with van der Waals surface area (Å²) in [5.74, 6) is 2.53. The lowest BCUT2D eigenvalue weighted by molar-refractivity contribution is -0.0665. The van der Waals surface area contributed by atoms with Crippen LogP contribution in [0.5, 0.6) is 11.5 Å². The maximum absolute atomic E-state index is 6.50. The van der Waals surface area contributed by atoms with Gasteiger partial charge in [0.1, 0.15) is 6.10 Å². The van der Waals surface area contributed by atoms with Crippen molar-refractivity contribution in [1.82, 2.24) is 5.32 Å². The van der Waals surface area contributed by atoms with Gasteiger partial charge in [0, 0.05) is 30.6 Å². The smallest absolute Gasteiger partial charge is 0.165 e. The maximum Gasteiger partial charge on any atom is 0.165 e. The van der Waals surface area contributed by atoms with E-state index in [1.165, 1.54) is 17.5 Å². The van der Waals surface area contributed by atoms with Gasteiger partial charge in [0.15, 0.2) is 11.5 Å². The molecule has 4 nitrogen and oxygen atoms in total. The monoisotopic (exact) mass is 301 g/mol. The third kappa shape index (κ3) is 1.41. The van der Waals surface area contributed by atoms with Gasteiger partial charge in [-0.05, 0) is 43.4 Å². The molecule has 5 rings (SSSR count). The molecule has 5 atom stereocenters. The van der Waals surface area contributed by atoms with E-state index in [0.29, 0.717) is 18.1 Å². The van der Waals surface area contributed by atoms with Crippen molar-refractivity contribution >= 4 is 0 Å². The summed E-state index contributed by atoms with van der Waals surface area (Å²) >= 11 is 0. The molecule has 2 fully saturated rings. The highest BCUT2D eigenvalue weighted by Gasteiger charge is 2.63. The average Bonchev–Trinajstić information content (AvgIpc) is 2.86. The minimum absolute atomic E-state index is 0.183. The molecule has 0 aromatic heterocycles. The summed E-state index contributed by atoms with van der Waals surface area (Å²) in [5.41, 5.74) is 3.11. The van der Waals surface area contributed by atoms with Crippen LogP contribution in [0.15, 0.2) is 12.1 Å². The number of hydrogen-bond acceptors (Lipinski definition) is 4. The van der Waals surface area contributed by atoms with Gasteiger partial charge in [-0.15, -0.1) is 0 Å². The molecule has 4 heteroatoms. The molecular weight excluding hydrogens is 278 g/mol. The van der Waals surface area contributed by atoms with Crippen molar-refractivity contribution < 1.29 is 14.2 Å². The summed E-state index contributed by atoms with van der Waals surface area (Å²) in [7, 11) is 3.58. The molecule has 1 aromatic rings. The fourth-order valence-electron chi connectivity index (χ4n) is 5.73. The van der Waals surface area contributed by atoms with Crippen LogP contribution in [-0.4, -0.2) is 39.0 Å². The van der Waals surface area contributed by atoms with E-state index in [2.05, 4.69) is 17.4 Å². The molecule has 0 amide bonds. The van der Waals surface area contributed by atoms with Crippen LogP contribution in [-0.2, 0) is 16.6 Å². The van der Waals surface area contributed by atoms with Gasteiger partial charge in [0.05, 0.1) is 13.2 Å². The van der Waals surface area contributed by atoms with Crippen molar-refractivity contribution in [3.63, 3.8) is 0 Å². The number of piperidine rings is 1. The van der Waals surface area contributed by atoms with Crippen LogP contribution in [0.3, 0.4) is 0 Å². The predicted molar refractivity (Wildman–Crippen MR) is 82.7 cm³/mol. The van der Waals surface area contributed by atoms with Crippen LogP contribution >= 0.6 is 0 Å². The molecule has 4 aliphatic rings. The van der Waals surface area contributed by atoms with Crippen molar-refractivity contribution in [3.8, 4) is 11.5 Å². The van der Waals surface area contributed by atoms with Crippen molar-refractivity contribution in [3.05, 3.63) is 23.3 Å². The molecule has 0 radical (unpaired) electrons. The molecule has 2 heterocycles. The lowest BCUT2D eigenvalue weighted by Gasteiger charge is -2.56. The van der Waals surface area contributed by atoms with Gasteiger partial charge in [-0.3, -0.25) is 0 Å². The van der Waals surface area contributed by atoms with Crippen molar-refractivity contribution in [2.24, 2.45) is 5.92 Å². The van der Waals surface area contributed by atoms with Gasteiger partial charge in [-0.1, -0.05) is 6.07 Å². The summed E-state index contributed by atoms with van der Waals surface area (Å²) in [6, 6.07) is 4.89. The molecule has 22 heavy (non-hydrogen) atoms. The Labute approximate surface area is 131 Å². The number of hydrogen-bond donors (Lipinski definition) is 1. The van der Waals surface area contributed by atoms with Crippen LogP contribution in [0.4, 0.5) is 0 Å². The zero-order valence-electron chi connectivity index (χ0n) is 13.2. The maximum atomic E-state index is 6.50. The van der Waals surface area contributed by atoms with Crippen molar-refractivity contribution in [2.45, 2.75) is 49.3 Å². The van der Waals surface area contributed by atoms with Gasteiger partial charge < -0.3 is 19.5 Å². The third-order valence-corrected chi connectivity index (χ3v) is 6.59. The second kappa shape index (κ2) is 4.39. The number of benzene rings is 1. The minimum atomic E-state index is 0.183. The topological polar surface area (TPSA) is 39.7 Å². The molecule has 1 saturated heterocycles. The Morgan fingerprint density at radius 3 is 3.00 bits per heavy atom. The first-order valence-corrected chi connectivity index (χ1v) is 8.41. The minimum Gasteiger partial charge on any atom is -0.493 e. The molecule has 2 aliphatic carbocycles. The summed E-state index contributed by atoms with van der Waals surface area (Å²) < 4.78 is 17.8. The van der Waals surface area contributed by atoms with Gasteiger partial charge in [-0.25, -0.2) is 0 Å². The van der Waals surface area contributed by atoms with E-state index in [-0.39, 0.29) is 11.5 Å². The highest BCUT2D eigenvalue weighted by molar-refractivity contribution is 5.61. The van der Waals surface area contributed by atoms with Crippen molar-refractivity contribution in [2.75, 3.05) is 20.8 Å². The average molecular weight is 301 g/mol. The normalized spacial score (nSPS) is 40.8. The fraction of sp³-hybridized carbons (Fsp3) is 0.667. The first-order valence-electron chi connectivity index (χ1n) is 8.41. The molecule has 3 unspecified atom stereocenters. The zero-order chi connectivity index (χ0) is 14.9. The van der Waals surface area contributed by atoms with E-state index in [1.807, 2.05) is 7.11 Å². The number of rotatable bonds is 2. The summed E-state index contributed by atoms with van der Waals surface area (Å²) in [6.07, 6.45) is 4.97. The number of nitrogens with one attached hydrogen (secondary N) is 1. The Morgan fingerprint density at radius 2 is 2.18 bits per heavy atom. The predicted octanol–water partition coefficient (Wildman–Crippen LogP) is 2.04. The van der Waals surface area contributed by atoms with Gasteiger partial charge in [-0.2, -0.15) is 0 Å². The van der Waals surface area contributed by atoms with Crippen LogP contribution in [0.2, 0.25) is 0 Å². The molecule has 1 saturated carbocycles. The second-order valence-corrected chi connectivity index (χ2v) is 7.23. The zero-order valence-corrected chi connectivity index (χ0v) is 13.2. The first-order chi connectivity index (χ1) is 10.8. The standard InChI is InChI=1S/C18H23NO3/c1-20-11-8-12-13-7-10-3-4-14(21-2)17-16(10)18(12,5-6-19-13)15(9-11)22-17/h3-4,11-13,15,19H,5-9H2,1-2H3/t11?,12-,13?,15-,18?/m1/s1. The third-order valence-electron chi connectivity index (χ3n) is 6.59. The van der Waals surface area contributed by atoms with Crippen LogP contribution in [0.25, 0.3) is 0 Å². The molecule has 2 bridgehead atoms. The van der Waals surface area contributed by atoms with Crippen LogP contribution < -0.4 is 14.8 Å². The Balaban J connectivity index is 1.74. The van der Waals surface area contributed by atoms with Gasteiger partial charge >= 0.3 is 0 Å². The van der Waals surface area contributed by atoms with E-state index in [4.69, 9.17) is 14.2 Å². The molecule has 118 valence electrons. The van der Waals surface area contributed by atoms with Crippen LogP contribution in [0, 0.1) is 5.92 Å². The Hall–Kier alpha value is -1.26. The van der Waals surface area contributed by atoms with Crippen molar-refractivity contribution in [1.29, 1.82) is 0 Å². The van der Waals surface area contributed by atoms with E-state index in [1.54, 1.807) is 7.11 Å². The lowest BCUT2D eigenvalue weighted by atomic mass is 9.52. The quantitative estimate of drug-likeness (QED) is 0.907. The van der Waals surface area contributed by atoms with Gasteiger partial charge in [0.25, 0.3) is 0 Å². The SMILES string of the molecule is COc1ccc2c3c1O[C@@H]1CC(OC)C[C@@H]4C(C2)NCCC341. The lowest BCUT2D eigenvalue weighted by Crippen LogP contribution is -2.65. The molecule has 1 spiro atoms. The molecule has 2 aliphatic heterocycles. The molecular formula is C18H23NO3. The molecule has 1 N–H and O–H groups in total. The molecule has 1 aromatic carbocycles. The highest BCUT2D eigenvalue weighted by Crippen LogP contribution is 2.62. The number of ether oxygens (including phenoxy) is 3. The Bertz CT molecular complexity index is 631. The number of methoxy groups -OCH3 is 2. The van der Waals surface area contributed by atoms with E-state index < -0.39 is 0 Å². The fourth-order valence-corrected chi connectivity index (χ4v) is 5.73. The second-order valence-electron chi connectivity index (χ2n) is 7.23. The van der Waals surface area contributed by atoms with Crippen LogP contribution in [0.1, 0.15) is 30.4 Å². The Morgan fingerprint density at radius 1 is 1.27 bits per heavy atom. The van der Waals surface area contributed by atoms with Gasteiger partial charge in [0.2, 0.25) is 0 Å².